The van der Waals surface area contributed by atoms with E-state index in [0.29, 0.717) is 11.5 Å². The topological polar surface area (TPSA) is 39.7 Å². The number of hydrogen-bond acceptors (Lipinski definition) is 4. The van der Waals surface area contributed by atoms with E-state index in [1.165, 1.54) is 19.3 Å². The van der Waals surface area contributed by atoms with Gasteiger partial charge < -0.3 is 19.5 Å². The summed E-state index contributed by atoms with van der Waals surface area (Å²) in [5, 5.41) is 3.46. The maximum atomic E-state index is 5.46. The average molecular weight is 265 g/mol. The monoisotopic (exact) mass is 265 g/mol. The van der Waals surface area contributed by atoms with Crippen molar-refractivity contribution in [3.8, 4) is 17.2 Å². The molecule has 0 radical (unpaired) electrons. The Labute approximate surface area is 115 Å². The molecule has 0 amide bonds. The zero-order chi connectivity index (χ0) is 13.7. The summed E-state index contributed by atoms with van der Waals surface area (Å²) in [7, 11) is 4.92. The highest BCUT2D eigenvalue weighted by molar-refractivity contribution is 5.55. The Morgan fingerprint density at radius 3 is 2.37 bits per heavy atom. The Hall–Kier alpha value is -1.42. The van der Waals surface area contributed by atoms with Crippen molar-refractivity contribution in [1.29, 1.82) is 0 Å². The lowest BCUT2D eigenvalue weighted by molar-refractivity contribution is 0.321. The Morgan fingerprint density at radius 2 is 1.79 bits per heavy atom. The van der Waals surface area contributed by atoms with E-state index in [2.05, 4.69) is 5.32 Å². The van der Waals surface area contributed by atoms with Crippen molar-refractivity contribution in [2.45, 2.75) is 25.8 Å². The van der Waals surface area contributed by atoms with Crippen molar-refractivity contribution < 1.29 is 14.2 Å². The second kappa shape index (κ2) is 6.66. The van der Waals surface area contributed by atoms with Gasteiger partial charge in [-0.05, 0) is 24.9 Å². The number of benzene rings is 1. The fourth-order valence-corrected chi connectivity index (χ4v) is 2.24. The molecule has 1 aliphatic carbocycles. The highest BCUT2D eigenvalue weighted by Crippen LogP contribution is 2.39. The van der Waals surface area contributed by atoms with E-state index in [4.69, 9.17) is 14.2 Å². The van der Waals surface area contributed by atoms with Gasteiger partial charge in [-0.15, -0.1) is 0 Å². The first-order chi connectivity index (χ1) is 9.30. The highest BCUT2D eigenvalue weighted by atomic mass is 16.5. The van der Waals surface area contributed by atoms with Crippen molar-refractivity contribution in [2.24, 2.45) is 5.92 Å². The van der Waals surface area contributed by atoms with Crippen LogP contribution in [0.15, 0.2) is 12.1 Å². The molecule has 4 nitrogen and oxygen atoms in total. The lowest BCUT2D eigenvalue weighted by atomic mass is 10.1. The summed E-state index contributed by atoms with van der Waals surface area (Å²) in [6.07, 6.45) is 4.08. The Morgan fingerprint density at radius 1 is 1.05 bits per heavy atom. The zero-order valence-electron chi connectivity index (χ0n) is 12.0. The third-order valence-electron chi connectivity index (χ3n) is 3.53. The normalized spacial score (nSPS) is 14.3. The van der Waals surface area contributed by atoms with Crippen LogP contribution in [0.3, 0.4) is 0 Å². The average Bonchev–Trinajstić information content (AvgIpc) is 3.26. The molecule has 106 valence electrons. The Bertz CT molecular complexity index is 416. The standard InChI is InChI=1S/C15H23NO3/c1-17-13-7-6-12(14(18-2)15(13)19-3)10-16-9-8-11-4-5-11/h6-7,11,16H,4-5,8-10H2,1-3H3. The second-order valence-electron chi connectivity index (χ2n) is 4.90. The maximum Gasteiger partial charge on any atom is 0.203 e. The first-order valence-electron chi connectivity index (χ1n) is 6.78. The van der Waals surface area contributed by atoms with Gasteiger partial charge in [-0.3, -0.25) is 0 Å². The SMILES string of the molecule is COc1ccc(CNCCC2CC2)c(OC)c1OC. The summed E-state index contributed by atoms with van der Waals surface area (Å²) < 4.78 is 16.1. The van der Waals surface area contributed by atoms with Gasteiger partial charge in [0.15, 0.2) is 11.5 Å². The molecular weight excluding hydrogens is 242 g/mol. The van der Waals surface area contributed by atoms with Gasteiger partial charge >= 0.3 is 0 Å². The van der Waals surface area contributed by atoms with Gasteiger partial charge in [0.2, 0.25) is 5.75 Å². The second-order valence-corrected chi connectivity index (χ2v) is 4.90. The number of rotatable bonds is 8. The van der Waals surface area contributed by atoms with E-state index in [9.17, 15) is 0 Å². The minimum absolute atomic E-state index is 0.659. The van der Waals surface area contributed by atoms with Crippen molar-refractivity contribution in [1.82, 2.24) is 5.32 Å². The lowest BCUT2D eigenvalue weighted by Gasteiger charge is -2.16. The minimum atomic E-state index is 0.659. The van der Waals surface area contributed by atoms with Crippen LogP contribution >= 0.6 is 0 Å². The molecule has 2 rings (SSSR count). The van der Waals surface area contributed by atoms with Crippen LogP contribution in [0.2, 0.25) is 0 Å². The summed E-state index contributed by atoms with van der Waals surface area (Å²) >= 11 is 0. The minimum Gasteiger partial charge on any atom is -0.493 e. The number of nitrogens with one attached hydrogen (secondary N) is 1. The fourth-order valence-electron chi connectivity index (χ4n) is 2.24. The molecule has 0 unspecified atom stereocenters. The molecule has 19 heavy (non-hydrogen) atoms. The van der Waals surface area contributed by atoms with Gasteiger partial charge in [0.25, 0.3) is 0 Å². The highest BCUT2D eigenvalue weighted by Gasteiger charge is 2.20. The van der Waals surface area contributed by atoms with Crippen LogP contribution in [0, 0.1) is 5.92 Å². The summed E-state index contributed by atoms with van der Waals surface area (Å²) in [6.45, 7) is 1.85. The Kier molecular flexibility index (Phi) is 4.91. The molecule has 1 aromatic carbocycles. The molecular formula is C15H23NO3. The van der Waals surface area contributed by atoms with Gasteiger partial charge in [-0.25, -0.2) is 0 Å². The number of methoxy groups -OCH3 is 3. The maximum absolute atomic E-state index is 5.46. The van der Waals surface area contributed by atoms with E-state index >= 15 is 0 Å². The van der Waals surface area contributed by atoms with Crippen LogP contribution < -0.4 is 19.5 Å². The van der Waals surface area contributed by atoms with Gasteiger partial charge in [-0.2, -0.15) is 0 Å². The molecule has 0 atom stereocenters. The van der Waals surface area contributed by atoms with Gasteiger partial charge in [0.05, 0.1) is 21.3 Å². The molecule has 1 N–H and O–H groups in total. The van der Waals surface area contributed by atoms with Crippen LogP contribution in [0.25, 0.3) is 0 Å². The van der Waals surface area contributed by atoms with Crippen LogP contribution in [0.4, 0.5) is 0 Å². The van der Waals surface area contributed by atoms with Crippen LogP contribution in [-0.4, -0.2) is 27.9 Å². The fraction of sp³-hybridized carbons (Fsp3) is 0.600. The van der Waals surface area contributed by atoms with Crippen molar-refractivity contribution in [2.75, 3.05) is 27.9 Å². The first-order valence-corrected chi connectivity index (χ1v) is 6.78. The largest absolute Gasteiger partial charge is 0.493 e. The molecule has 1 saturated carbocycles. The van der Waals surface area contributed by atoms with Crippen LogP contribution in [0.1, 0.15) is 24.8 Å². The first kappa shape index (κ1) is 14.0. The van der Waals surface area contributed by atoms with Crippen molar-refractivity contribution in [3.05, 3.63) is 17.7 Å². The summed E-state index contributed by atoms with van der Waals surface area (Å²) in [6, 6.07) is 3.93. The molecule has 1 aliphatic rings. The Balaban J connectivity index is 2.01. The quantitative estimate of drug-likeness (QED) is 0.733. The van der Waals surface area contributed by atoms with Crippen LogP contribution in [-0.2, 0) is 6.54 Å². The van der Waals surface area contributed by atoms with E-state index in [1.54, 1.807) is 21.3 Å². The van der Waals surface area contributed by atoms with E-state index in [-0.39, 0.29) is 0 Å². The third-order valence-corrected chi connectivity index (χ3v) is 3.53. The summed E-state index contributed by atoms with van der Waals surface area (Å²) in [4.78, 5) is 0. The molecule has 0 aliphatic heterocycles. The lowest BCUT2D eigenvalue weighted by Crippen LogP contribution is -2.16. The summed E-state index contributed by atoms with van der Waals surface area (Å²) in [5.41, 5.74) is 1.09. The summed E-state index contributed by atoms with van der Waals surface area (Å²) in [5.74, 6) is 3.06. The molecule has 1 aromatic rings. The molecule has 0 saturated heterocycles. The molecule has 0 spiro atoms. The molecule has 0 bridgehead atoms. The van der Waals surface area contributed by atoms with Crippen LogP contribution in [0.5, 0.6) is 17.2 Å². The van der Waals surface area contributed by atoms with Crippen molar-refractivity contribution >= 4 is 0 Å². The third kappa shape index (κ3) is 3.53. The predicted octanol–water partition coefficient (Wildman–Crippen LogP) is 2.60. The van der Waals surface area contributed by atoms with E-state index in [1.807, 2.05) is 12.1 Å². The molecule has 0 aromatic heterocycles. The van der Waals surface area contributed by atoms with Gasteiger partial charge in [0.1, 0.15) is 0 Å². The molecule has 1 fully saturated rings. The van der Waals surface area contributed by atoms with Gasteiger partial charge in [-0.1, -0.05) is 18.9 Å². The van der Waals surface area contributed by atoms with Crippen molar-refractivity contribution in [3.63, 3.8) is 0 Å². The van der Waals surface area contributed by atoms with E-state index < -0.39 is 0 Å². The number of hydrogen-bond donors (Lipinski definition) is 1. The number of ether oxygens (including phenoxy) is 3. The van der Waals surface area contributed by atoms with Gasteiger partial charge in [0, 0.05) is 12.1 Å². The molecule has 0 heterocycles. The molecule has 4 heteroatoms. The zero-order valence-corrected chi connectivity index (χ0v) is 12.0. The predicted molar refractivity (Wildman–Crippen MR) is 75.1 cm³/mol. The van der Waals surface area contributed by atoms with E-state index in [0.717, 1.165) is 30.3 Å². The smallest absolute Gasteiger partial charge is 0.203 e.